The number of amides is 2. The third-order valence-electron chi connectivity index (χ3n) is 5.47. The van der Waals surface area contributed by atoms with Gasteiger partial charge in [-0.15, -0.1) is 22.7 Å². The highest BCUT2D eigenvalue weighted by molar-refractivity contribution is 7.17. The van der Waals surface area contributed by atoms with Gasteiger partial charge in [0.2, 0.25) is 0 Å². The van der Waals surface area contributed by atoms with Gasteiger partial charge in [-0.2, -0.15) is 5.01 Å². The van der Waals surface area contributed by atoms with E-state index < -0.39 is 11.8 Å². The minimum atomic E-state index is -0.423. The maximum atomic E-state index is 12.5. The molecule has 35 heavy (non-hydrogen) atoms. The highest BCUT2D eigenvalue weighted by Crippen LogP contribution is 2.39. The molecule has 3 aromatic heterocycles. The summed E-state index contributed by atoms with van der Waals surface area (Å²) in [5, 5.41) is 5.72. The normalized spacial score (nSPS) is 13.7. The van der Waals surface area contributed by atoms with Crippen LogP contribution in [0.3, 0.4) is 0 Å². The average molecular weight is 506 g/mol. The van der Waals surface area contributed by atoms with Gasteiger partial charge in [0.05, 0.1) is 10.3 Å². The molecule has 1 N–H and O–H groups in total. The van der Waals surface area contributed by atoms with Gasteiger partial charge in [-0.3, -0.25) is 15.0 Å². The summed E-state index contributed by atoms with van der Waals surface area (Å²) in [5.74, 6) is 0.922. The van der Waals surface area contributed by atoms with Crippen LogP contribution < -0.4 is 10.2 Å². The predicted octanol–water partition coefficient (Wildman–Crippen LogP) is 4.67. The number of nitrogens with one attached hydrogen (secondary N) is 1. The zero-order valence-electron chi connectivity index (χ0n) is 19.4. The second kappa shape index (κ2) is 9.57. The summed E-state index contributed by atoms with van der Waals surface area (Å²) in [4.78, 5) is 38.2. The number of ether oxygens (including phenoxy) is 1. The number of anilines is 1. The molecular weight excluding hydrogens is 482 g/mol. The number of hydrogen-bond donors (Lipinski definition) is 1. The smallest absolute Gasteiger partial charge is 0.275 e. The van der Waals surface area contributed by atoms with Crippen molar-refractivity contribution in [2.24, 2.45) is 0 Å². The SMILES string of the molecule is CC1=CC(=O)N(Nc2nc(-c3cccs3)nc3scc(-c4ccc(OCCN(C)C)cc4)c23)C1=O. The number of thiophene rings is 2. The number of nitrogens with zero attached hydrogens (tertiary/aromatic N) is 4. The van der Waals surface area contributed by atoms with Crippen LogP contribution in [0, 0.1) is 0 Å². The Morgan fingerprint density at radius 2 is 1.89 bits per heavy atom. The summed E-state index contributed by atoms with van der Waals surface area (Å²) in [5.41, 5.74) is 5.22. The summed E-state index contributed by atoms with van der Waals surface area (Å²) in [6, 6.07) is 11.7. The van der Waals surface area contributed by atoms with Gasteiger partial charge in [0.25, 0.3) is 11.8 Å². The Labute approximate surface area is 210 Å². The van der Waals surface area contributed by atoms with Crippen LogP contribution in [0.15, 0.2) is 58.8 Å². The summed E-state index contributed by atoms with van der Waals surface area (Å²) in [6.45, 7) is 3.05. The Morgan fingerprint density at radius 1 is 1.09 bits per heavy atom. The van der Waals surface area contributed by atoms with Crippen molar-refractivity contribution in [3.63, 3.8) is 0 Å². The van der Waals surface area contributed by atoms with Gasteiger partial charge in [-0.25, -0.2) is 9.97 Å². The fraction of sp³-hybridized carbons (Fsp3) is 0.200. The van der Waals surface area contributed by atoms with E-state index in [4.69, 9.17) is 14.7 Å². The Balaban J connectivity index is 1.53. The largest absolute Gasteiger partial charge is 0.492 e. The maximum Gasteiger partial charge on any atom is 0.275 e. The summed E-state index contributed by atoms with van der Waals surface area (Å²) in [7, 11) is 4.01. The van der Waals surface area contributed by atoms with Gasteiger partial charge in [-0.05, 0) is 50.2 Å². The van der Waals surface area contributed by atoms with Crippen LogP contribution in [0.1, 0.15) is 6.92 Å². The van der Waals surface area contributed by atoms with Crippen molar-refractivity contribution in [1.29, 1.82) is 0 Å². The first-order valence-corrected chi connectivity index (χ1v) is 12.7. The van der Waals surface area contributed by atoms with Gasteiger partial charge in [0, 0.05) is 29.1 Å². The maximum absolute atomic E-state index is 12.5. The lowest BCUT2D eigenvalue weighted by atomic mass is 10.1. The van der Waals surface area contributed by atoms with Gasteiger partial charge >= 0.3 is 0 Å². The van der Waals surface area contributed by atoms with Crippen molar-refractivity contribution in [2.45, 2.75) is 6.92 Å². The van der Waals surface area contributed by atoms with Gasteiger partial charge in [-0.1, -0.05) is 18.2 Å². The van der Waals surface area contributed by atoms with Crippen molar-refractivity contribution >= 4 is 50.5 Å². The fourth-order valence-corrected chi connectivity index (χ4v) is 5.23. The van der Waals surface area contributed by atoms with E-state index in [1.54, 1.807) is 6.92 Å². The molecule has 1 aliphatic rings. The number of carbonyl (C=O) groups is 2. The van der Waals surface area contributed by atoms with E-state index in [1.807, 2.05) is 61.3 Å². The minimum Gasteiger partial charge on any atom is -0.492 e. The molecule has 5 rings (SSSR count). The molecule has 1 aromatic carbocycles. The first kappa shape index (κ1) is 23.2. The highest BCUT2D eigenvalue weighted by Gasteiger charge is 2.30. The number of likely N-dealkylation sites (N-methyl/N-ethyl adjacent to an activating group) is 1. The number of hydrogen-bond acceptors (Lipinski definition) is 9. The molecule has 4 aromatic rings. The molecule has 0 fully saturated rings. The van der Waals surface area contributed by atoms with E-state index in [0.29, 0.717) is 23.8 Å². The molecule has 0 bridgehead atoms. The van der Waals surface area contributed by atoms with Gasteiger partial charge in [0.1, 0.15) is 17.2 Å². The first-order valence-electron chi connectivity index (χ1n) is 10.9. The predicted molar refractivity (Wildman–Crippen MR) is 139 cm³/mol. The second-order valence-electron chi connectivity index (χ2n) is 8.30. The number of rotatable bonds is 8. The lowest BCUT2D eigenvalue weighted by Crippen LogP contribution is -2.36. The van der Waals surface area contributed by atoms with Crippen molar-refractivity contribution in [3.05, 3.63) is 58.8 Å². The van der Waals surface area contributed by atoms with Gasteiger partial charge in [0.15, 0.2) is 11.6 Å². The molecule has 10 heteroatoms. The van der Waals surface area contributed by atoms with Crippen LogP contribution in [0.4, 0.5) is 5.82 Å². The molecule has 0 unspecified atom stereocenters. The van der Waals surface area contributed by atoms with E-state index >= 15 is 0 Å². The topological polar surface area (TPSA) is 87.7 Å². The average Bonchev–Trinajstić information content (AvgIpc) is 3.56. The Kier molecular flexibility index (Phi) is 6.33. The second-order valence-corrected chi connectivity index (χ2v) is 10.1. The molecule has 8 nitrogen and oxygen atoms in total. The standard InChI is InChI=1S/C25H23N5O3S2/c1-15-13-20(31)30(25(15)32)28-23-21-18(16-6-8-17(9-7-16)33-11-10-29(2)3)14-35-24(21)27-22(26-23)19-5-4-12-34-19/h4-9,12-14H,10-11H2,1-3H3,(H,26,27,28). The number of carbonyl (C=O) groups excluding carboxylic acids is 2. The third kappa shape index (κ3) is 4.68. The highest BCUT2D eigenvalue weighted by atomic mass is 32.1. The van der Waals surface area contributed by atoms with Crippen molar-refractivity contribution in [3.8, 4) is 27.6 Å². The fourth-order valence-electron chi connectivity index (χ4n) is 3.63. The summed E-state index contributed by atoms with van der Waals surface area (Å²) < 4.78 is 5.82. The van der Waals surface area contributed by atoms with E-state index in [2.05, 4.69) is 10.3 Å². The number of hydrazine groups is 1. The number of imide groups is 1. The molecule has 178 valence electrons. The molecule has 0 spiro atoms. The number of benzene rings is 1. The quantitative estimate of drug-likeness (QED) is 0.348. The molecule has 0 aliphatic carbocycles. The minimum absolute atomic E-state index is 0.377. The van der Waals surface area contributed by atoms with Gasteiger partial charge < -0.3 is 9.64 Å². The van der Waals surface area contributed by atoms with Crippen LogP contribution in [-0.4, -0.2) is 58.9 Å². The van der Waals surface area contributed by atoms with Crippen molar-refractivity contribution < 1.29 is 14.3 Å². The van der Waals surface area contributed by atoms with Crippen LogP contribution in [0.25, 0.3) is 32.0 Å². The molecule has 0 saturated carbocycles. The van der Waals surface area contributed by atoms with E-state index in [0.717, 1.165) is 43.5 Å². The molecular formula is C25H23N5O3S2. The van der Waals surface area contributed by atoms with E-state index in [1.165, 1.54) is 28.7 Å². The van der Waals surface area contributed by atoms with E-state index in [-0.39, 0.29) is 0 Å². The molecule has 2 amide bonds. The van der Waals surface area contributed by atoms with Crippen LogP contribution >= 0.6 is 22.7 Å². The van der Waals surface area contributed by atoms with Crippen molar-refractivity contribution in [1.82, 2.24) is 19.9 Å². The lowest BCUT2D eigenvalue weighted by Gasteiger charge is -2.18. The summed E-state index contributed by atoms with van der Waals surface area (Å²) in [6.07, 6.45) is 1.32. The first-order chi connectivity index (χ1) is 16.9. The zero-order valence-corrected chi connectivity index (χ0v) is 21.1. The van der Waals surface area contributed by atoms with Crippen molar-refractivity contribution in [2.75, 3.05) is 32.7 Å². The third-order valence-corrected chi connectivity index (χ3v) is 7.20. The van der Waals surface area contributed by atoms with Crippen LogP contribution in [-0.2, 0) is 9.59 Å². The Morgan fingerprint density at radius 3 is 2.54 bits per heavy atom. The lowest BCUT2D eigenvalue weighted by molar-refractivity contribution is -0.135. The molecule has 0 atom stereocenters. The number of aromatic nitrogens is 2. The van der Waals surface area contributed by atoms with E-state index in [9.17, 15) is 9.59 Å². The summed E-state index contributed by atoms with van der Waals surface area (Å²) >= 11 is 3.02. The molecule has 4 heterocycles. The molecule has 1 aliphatic heterocycles. The number of fused-ring (bicyclic) bond motifs is 1. The monoisotopic (exact) mass is 505 g/mol. The molecule has 0 radical (unpaired) electrons. The Bertz CT molecular complexity index is 1430. The van der Waals surface area contributed by atoms with Crippen LogP contribution in [0.5, 0.6) is 5.75 Å². The van der Waals surface area contributed by atoms with Crippen LogP contribution in [0.2, 0.25) is 0 Å². The zero-order chi connectivity index (χ0) is 24.5. The molecule has 0 saturated heterocycles. The Hall–Kier alpha value is -3.60.